The predicted octanol–water partition coefficient (Wildman–Crippen LogP) is 1.36. The van der Waals surface area contributed by atoms with Crippen LogP contribution in [0.15, 0.2) is 12.5 Å². The molecule has 1 aromatic rings. The Balaban J connectivity index is 0. The van der Waals surface area contributed by atoms with Crippen LogP contribution < -0.4 is 0 Å². The van der Waals surface area contributed by atoms with Crippen molar-refractivity contribution in [3.05, 3.63) is 18.2 Å². The van der Waals surface area contributed by atoms with Gasteiger partial charge in [-0.3, -0.25) is 0 Å². The summed E-state index contributed by atoms with van der Waals surface area (Å²) in [5.74, 6) is 0. The molecule has 72 valence electrons. The maximum absolute atomic E-state index is 3.93. The molecule has 0 bridgehead atoms. The van der Waals surface area contributed by atoms with Gasteiger partial charge >= 0.3 is 0 Å². The highest BCUT2D eigenvalue weighted by molar-refractivity contribution is 5.85. The van der Waals surface area contributed by atoms with Crippen LogP contribution >= 0.6 is 24.8 Å². The first-order valence-electron chi connectivity index (χ1n) is 3.41. The van der Waals surface area contributed by atoms with Crippen molar-refractivity contribution in [1.82, 2.24) is 14.9 Å². The summed E-state index contributed by atoms with van der Waals surface area (Å²) in [5.41, 5.74) is 1.20. The molecule has 0 aliphatic heterocycles. The highest BCUT2D eigenvalue weighted by Gasteiger charge is 1.93. The summed E-state index contributed by atoms with van der Waals surface area (Å²) in [6.45, 7) is 1.07. The maximum Gasteiger partial charge on any atom is 0.0921 e. The van der Waals surface area contributed by atoms with Gasteiger partial charge in [0.1, 0.15) is 0 Å². The van der Waals surface area contributed by atoms with Crippen molar-refractivity contribution >= 4 is 24.8 Å². The third-order valence-electron chi connectivity index (χ3n) is 1.38. The fraction of sp³-hybridized carbons (Fsp3) is 0.571. The van der Waals surface area contributed by atoms with Crippen molar-refractivity contribution in [3.63, 3.8) is 0 Å². The number of imidazole rings is 1. The molecule has 12 heavy (non-hydrogen) atoms. The van der Waals surface area contributed by atoms with E-state index < -0.39 is 0 Å². The summed E-state index contributed by atoms with van der Waals surface area (Å²) in [6.07, 6.45) is 4.63. The summed E-state index contributed by atoms with van der Waals surface area (Å²) >= 11 is 0. The monoisotopic (exact) mass is 211 g/mol. The van der Waals surface area contributed by atoms with Crippen molar-refractivity contribution in [1.29, 1.82) is 0 Å². The van der Waals surface area contributed by atoms with Crippen LogP contribution in [0.4, 0.5) is 0 Å². The molecule has 0 unspecified atom stereocenters. The minimum absolute atomic E-state index is 0. The zero-order valence-electron chi connectivity index (χ0n) is 7.28. The molecule has 5 heteroatoms. The number of hydrogen-bond acceptors (Lipinski definition) is 2. The van der Waals surface area contributed by atoms with Crippen molar-refractivity contribution in [2.75, 3.05) is 20.6 Å². The number of nitrogens with one attached hydrogen (secondary N) is 1. The molecule has 0 aromatic carbocycles. The fourth-order valence-corrected chi connectivity index (χ4v) is 0.765. The topological polar surface area (TPSA) is 31.9 Å². The van der Waals surface area contributed by atoms with Gasteiger partial charge < -0.3 is 9.88 Å². The molecule has 1 heterocycles. The van der Waals surface area contributed by atoms with E-state index in [-0.39, 0.29) is 24.8 Å². The number of rotatable bonds is 3. The molecule has 1 rings (SSSR count). The lowest BCUT2D eigenvalue weighted by Gasteiger charge is -2.06. The summed E-state index contributed by atoms with van der Waals surface area (Å²) in [6, 6.07) is 0. The minimum Gasteiger partial charge on any atom is -0.348 e. The van der Waals surface area contributed by atoms with Crippen LogP contribution in [0, 0.1) is 0 Å². The van der Waals surface area contributed by atoms with Gasteiger partial charge in [-0.15, -0.1) is 24.8 Å². The Bertz CT molecular complexity index is 175. The van der Waals surface area contributed by atoms with Gasteiger partial charge in [0.25, 0.3) is 0 Å². The smallest absolute Gasteiger partial charge is 0.0921 e. The summed E-state index contributed by atoms with van der Waals surface area (Å²) in [7, 11) is 4.13. The average Bonchev–Trinajstić information content (AvgIpc) is 2.34. The molecule has 3 nitrogen and oxygen atoms in total. The third kappa shape index (κ3) is 5.41. The van der Waals surface area contributed by atoms with E-state index in [2.05, 4.69) is 29.0 Å². The first-order valence-corrected chi connectivity index (χ1v) is 3.41. The number of likely N-dealkylation sites (N-methyl/N-ethyl adjacent to an activating group) is 1. The number of halogens is 2. The third-order valence-corrected chi connectivity index (χ3v) is 1.38. The second-order valence-corrected chi connectivity index (χ2v) is 2.63. The Morgan fingerprint density at radius 3 is 2.50 bits per heavy atom. The van der Waals surface area contributed by atoms with Crippen molar-refractivity contribution < 1.29 is 0 Å². The van der Waals surface area contributed by atoms with Crippen LogP contribution in [0.5, 0.6) is 0 Å². The lowest BCUT2D eigenvalue weighted by Crippen LogP contribution is -2.15. The quantitative estimate of drug-likeness (QED) is 0.820. The van der Waals surface area contributed by atoms with E-state index in [9.17, 15) is 0 Å². The van der Waals surface area contributed by atoms with Crippen molar-refractivity contribution in [2.45, 2.75) is 6.42 Å². The van der Waals surface area contributed by atoms with Crippen LogP contribution in [0.1, 0.15) is 5.69 Å². The van der Waals surface area contributed by atoms with Crippen LogP contribution in [-0.4, -0.2) is 35.5 Å². The van der Waals surface area contributed by atoms with Gasteiger partial charge in [-0.2, -0.15) is 0 Å². The average molecular weight is 212 g/mol. The van der Waals surface area contributed by atoms with E-state index >= 15 is 0 Å². The molecule has 0 fully saturated rings. The molecular formula is C7H15Cl2N3. The highest BCUT2D eigenvalue weighted by atomic mass is 35.5. The van der Waals surface area contributed by atoms with Crippen molar-refractivity contribution in [2.24, 2.45) is 0 Å². The Labute approximate surface area is 85.4 Å². The SMILES string of the molecule is CN(C)CCc1cnc[nH]1.Cl.Cl. The molecule has 0 saturated carbocycles. The maximum atomic E-state index is 3.93. The number of aromatic nitrogens is 2. The van der Waals surface area contributed by atoms with E-state index in [0.717, 1.165) is 13.0 Å². The van der Waals surface area contributed by atoms with Gasteiger partial charge in [-0.1, -0.05) is 0 Å². The summed E-state index contributed by atoms with van der Waals surface area (Å²) < 4.78 is 0. The van der Waals surface area contributed by atoms with Crippen LogP contribution in [-0.2, 0) is 6.42 Å². The van der Waals surface area contributed by atoms with E-state index in [0.29, 0.717) is 0 Å². The van der Waals surface area contributed by atoms with E-state index in [1.165, 1.54) is 5.69 Å². The molecule has 0 radical (unpaired) electrons. The standard InChI is InChI=1S/C7H13N3.2ClH/c1-10(2)4-3-7-5-8-6-9-7;;/h5-6H,3-4H2,1-2H3,(H,8,9);2*1H. The molecule has 0 aliphatic carbocycles. The predicted molar refractivity (Wildman–Crippen MR) is 55.3 cm³/mol. The molecular weight excluding hydrogens is 197 g/mol. The minimum atomic E-state index is 0. The Hall–Kier alpha value is -0.250. The lowest BCUT2D eigenvalue weighted by atomic mass is 10.3. The molecule has 1 N–H and O–H groups in total. The largest absolute Gasteiger partial charge is 0.348 e. The molecule has 0 atom stereocenters. The van der Waals surface area contributed by atoms with Gasteiger partial charge in [0.2, 0.25) is 0 Å². The first kappa shape index (κ1) is 14.3. The molecule has 0 spiro atoms. The van der Waals surface area contributed by atoms with Crippen LogP contribution in [0.2, 0.25) is 0 Å². The van der Waals surface area contributed by atoms with E-state index in [4.69, 9.17) is 0 Å². The Morgan fingerprint density at radius 1 is 1.42 bits per heavy atom. The second-order valence-electron chi connectivity index (χ2n) is 2.63. The lowest BCUT2D eigenvalue weighted by molar-refractivity contribution is 0.412. The van der Waals surface area contributed by atoms with Crippen LogP contribution in [0.25, 0.3) is 0 Å². The van der Waals surface area contributed by atoms with E-state index in [1.807, 2.05) is 6.20 Å². The zero-order valence-corrected chi connectivity index (χ0v) is 8.91. The number of hydrogen-bond donors (Lipinski definition) is 1. The number of H-pyrrole nitrogens is 1. The van der Waals surface area contributed by atoms with E-state index in [1.54, 1.807) is 6.33 Å². The summed E-state index contributed by atoms with van der Waals surface area (Å²) in [4.78, 5) is 9.13. The zero-order chi connectivity index (χ0) is 7.40. The van der Waals surface area contributed by atoms with Gasteiger partial charge in [0.05, 0.1) is 6.33 Å². The van der Waals surface area contributed by atoms with Gasteiger partial charge in [0, 0.05) is 24.9 Å². The summed E-state index contributed by atoms with van der Waals surface area (Å²) in [5, 5.41) is 0. The molecule has 0 aliphatic rings. The van der Waals surface area contributed by atoms with Gasteiger partial charge in [-0.25, -0.2) is 4.98 Å². The normalized spacial score (nSPS) is 8.92. The second kappa shape index (κ2) is 7.40. The molecule has 0 amide bonds. The number of aromatic amines is 1. The number of nitrogens with zero attached hydrogens (tertiary/aromatic N) is 2. The van der Waals surface area contributed by atoms with Crippen molar-refractivity contribution in [3.8, 4) is 0 Å². The highest BCUT2D eigenvalue weighted by Crippen LogP contribution is 1.92. The Kier molecular flexibility index (Phi) is 8.81. The van der Waals surface area contributed by atoms with Crippen LogP contribution in [0.3, 0.4) is 0 Å². The van der Waals surface area contributed by atoms with Gasteiger partial charge in [-0.05, 0) is 14.1 Å². The fourth-order valence-electron chi connectivity index (χ4n) is 0.765. The molecule has 1 aromatic heterocycles. The van der Waals surface area contributed by atoms with Gasteiger partial charge in [0.15, 0.2) is 0 Å². The molecule has 0 saturated heterocycles. The first-order chi connectivity index (χ1) is 4.79. The Morgan fingerprint density at radius 2 is 2.08 bits per heavy atom.